The summed E-state index contributed by atoms with van der Waals surface area (Å²) in [7, 11) is 0. The molecule has 0 saturated heterocycles. The lowest BCUT2D eigenvalue weighted by molar-refractivity contribution is 0.149. The molecule has 5 heteroatoms. The van der Waals surface area contributed by atoms with E-state index in [1.54, 1.807) is 13.8 Å². The minimum Gasteiger partial charge on any atom is -0.464 e. The van der Waals surface area contributed by atoms with Gasteiger partial charge in [-0.3, -0.25) is 0 Å². The van der Waals surface area contributed by atoms with Gasteiger partial charge in [0.1, 0.15) is 11.3 Å². The Morgan fingerprint density at radius 2 is 2.17 bits per heavy atom. The van der Waals surface area contributed by atoms with Crippen molar-refractivity contribution in [3.63, 3.8) is 0 Å². The second-order valence-electron chi connectivity index (χ2n) is 3.83. The number of hydrazone groups is 1. The smallest absolute Gasteiger partial charge is 0.427 e. The van der Waals surface area contributed by atoms with Gasteiger partial charge in [0.2, 0.25) is 0 Å². The summed E-state index contributed by atoms with van der Waals surface area (Å²) >= 11 is 0. The molecule has 18 heavy (non-hydrogen) atoms. The zero-order valence-corrected chi connectivity index (χ0v) is 10.3. The van der Waals surface area contributed by atoms with Crippen LogP contribution in [0.1, 0.15) is 19.6 Å². The van der Waals surface area contributed by atoms with E-state index in [0.717, 1.165) is 16.0 Å². The molecule has 1 amide bonds. The van der Waals surface area contributed by atoms with Crippen molar-refractivity contribution in [3.05, 3.63) is 36.1 Å². The number of carboxylic acid groups (broad SMARTS) is 1. The zero-order valence-electron chi connectivity index (χ0n) is 10.3. The van der Waals surface area contributed by atoms with Crippen molar-refractivity contribution in [2.24, 2.45) is 5.10 Å². The first kappa shape index (κ1) is 12.2. The summed E-state index contributed by atoms with van der Waals surface area (Å²) in [6, 6.07) is 9.45. The number of amides is 1. The van der Waals surface area contributed by atoms with Gasteiger partial charge in [-0.2, -0.15) is 10.1 Å². The van der Waals surface area contributed by atoms with Gasteiger partial charge in [0.15, 0.2) is 5.76 Å². The highest BCUT2D eigenvalue weighted by Crippen LogP contribution is 2.19. The normalized spacial score (nSPS) is 11.8. The molecule has 0 bridgehead atoms. The second-order valence-corrected chi connectivity index (χ2v) is 3.83. The van der Waals surface area contributed by atoms with E-state index in [1.807, 2.05) is 30.3 Å². The van der Waals surface area contributed by atoms with Gasteiger partial charge >= 0.3 is 6.09 Å². The average molecular weight is 246 g/mol. The average Bonchev–Trinajstić information content (AvgIpc) is 2.79. The van der Waals surface area contributed by atoms with Crippen molar-refractivity contribution in [2.75, 3.05) is 6.54 Å². The van der Waals surface area contributed by atoms with Crippen LogP contribution in [0.3, 0.4) is 0 Å². The number of hydrogen-bond acceptors (Lipinski definition) is 3. The van der Waals surface area contributed by atoms with Gasteiger partial charge in [-0.1, -0.05) is 18.2 Å². The van der Waals surface area contributed by atoms with Crippen LogP contribution in [0.2, 0.25) is 0 Å². The lowest BCUT2D eigenvalue weighted by Gasteiger charge is -2.10. The Hall–Kier alpha value is -2.30. The van der Waals surface area contributed by atoms with E-state index in [2.05, 4.69) is 5.10 Å². The SMILES string of the molecule is CCN(N=C(C)c1cc2ccccc2o1)C(=O)O. The fraction of sp³-hybridized carbons (Fsp3) is 0.231. The molecule has 0 saturated carbocycles. The van der Waals surface area contributed by atoms with Gasteiger partial charge in [0.05, 0.1) is 0 Å². The summed E-state index contributed by atoms with van der Waals surface area (Å²) in [5.74, 6) is 0.580. The Balaban J connectivity index is 2.35. The van der Waals surface area contributed by atoms with E-state index in [4.69, 9.17) is 9.52 Å². The Labute approximate surface area is 104 Å². The molecule has 2 aromatic rings. The van der Waals surface area contributed by atoms with Crippen molar-refractivity contribution in [2.45, 2.75) is 13.8 Å². The summed E-state index contributed by atoms with van der Waals surface area (Å²) in [6.07, 6.45) is -1.08. The Morgan fingerprint density at radius 3 is 2.78 bits per heavy atom. The van der Waals surface area contributed by atoms with Gasteiger partial charge in [-0.25, -0.2) is 4.79 Å². The zero-order chi connectivity index (χ0) is 13.1. The summed E-state index contributed by atoms with van der Waals surface area (Å²) in [4.78, 5) is 10.9. The second kappa shape index (κ2) is 4.91. The molecule has 1 N–H and O–H groups in total. The van der Waals surface area contributed by atoms with Crippen LogP contribution in [0, 0.1) is 0 Å². The lowest BCUT2D eigenvalue weighted by atomic mass is 10.2. The number of benzene rings is 1. The number of nitrogens with zero attached hydrogens (tertiary/aromatic N) is 2. The molecule has 0 aliphatic carbocycles. The first-order chi connectivity index (χ1) is 8.61. The number of hydrogen-bond donors (Lipinski definition) is 1. The van der Waals surface area contributed by atoms with E-state index in [1.165, 1.54) is 0 Å². The van der Waals surface area contributed by atoms with E-state index in [9.17, 15) is 4.79 Å². The number of fused-ring (bicyclic) bond motifs is 1. The first-order valence-corrected chi connectivity index (χ1v) is 5.66. The van der Waals surface area contributed by atoms with Crippen molar-refractivity contribution in [1.29, 1.82) is 0 Å². The predicted molar refractivity (Wildman–Crippen MR) is 68.8 cm³/mol. The molecule has 0 spiro atoms. The van der Waals surface area contributed by atoms with Crippen molar-refractivity contribution < 1.29 is 14.3 Å². The minimum atomic E-state index is -1.08. The summed E-state index contributed by atoms with van der Waals surface area (Å²) in [6.45, 7) is 3.75. The predicted octanol–water partition coefficient (Wildman–Crippen LogP) is 3.16. The van der Waals surface area contributed by atoms with E-state index >= 15 is 0 Å². The molecule has 0 aliphatic heterocycles. The van der Waals surface area contributed by atoms with Gasteiger partial charge in [-0.05, 0) is 26.0 Å². The molecule has 5 nitrogen and oxygen atoms in total. The molecule has 0 atom stereocenters. The number of para-hydroxylation sites is 1. The van der Waals surface area contributed by atoms with Crippen molar-refractivity contribution >= 4 is 22.8 Å². The monoisotopic (exact) mass is 246 g/mol. The van der Waals surface area contributed by atoms with Crippen LogP contribution in [0.25, 0.3) is 11.0 Å². The van der Waals surface area contributed by atoms with Crippen molar-refractivity contribution in [3.8, 4) is 0 Å². The van der Waals surface area contributed by atoms with Crippen molar-refractivity contribution in [1.82, 2.24) is 5.01 Å². The maximum Gasteiger partial charge on any atom is 0.427 e. The molecule has 94 valence electrons. The molecular weight excluding hydrogens is 232 g/mol. The number of carbonyl (C=O) groups is 1. The van der Waals surface area contributed by atoms with Gasteiger partial charge in [0, 0.05) is 11.9 Å². The maximum atomic E-state index is 10.9. The van der Waals surface area contributed by atoms with Gasteiger partial charge < -0.3 is 9.52 Å². The third kappa shape index (κ3) is 2.34. The highest BCUT2D eigenvalue weighted by Gasteiger charge is 2.11. The summed E-state index contributed by atoms with van der Waals surface area (Å²) in [5.41, 5.74) is 1.30. The number of furan rings is 1. The molecule has 0 aliphatic rings. The Morgan fingerprint density at radius 1 is 1.44 bits per heavy atom. The van der Waals surface area contributed by atoms with Crippen LogP contribution in [0.5, 0.6) is 0 Å². The lowest BCUT2D eigenvalue weighted by Crippen LogP contribution is -2.24. The molecule has 1 aromatic carbocycles. The van der Waals surface area contributed by atoms with Crippen LogP contribution in [-0.4, -0.2) is 28.5 Å². The molecule has 0 unspecified atom stereocenters. The third-order valence-corrected chi connectivity index (χ3v) is 2.57. The minimum absolute atomic E-state index is 0.299. The third-order valence-electron chi connectivity index (χ3n) is 2.57. The van der Waals surface area contributed by atoms with Crippen LogP contribution in [0.15, 0.2) is 39.9 Å². The molecule has 2 rings (SSSR count). The van der Waals surface area contributed by atoms with E-state index in [0.29, 0.717) is 18.0 Å². The standard InChI is InChI=1S/C13H14N2O3/c1-3-15(13(16)17)14-9(2)12-8-10-6-4-5-7-11(10)18-12/h4-8H,3H2,1-2H3,(H,16,17). The molecular formula is C13H14N2O3. The largest absolute Gasteiger partial charge is 0.464 e. The number of rotatable bonds is 3. The van der Waals surface area contributed by atoms with E-state index < -0.39 is 6.09 Å². The highest BCUT2D eigenvalue weighted by atomic mass is 16.4. The molecule has 1 aromatic heterocycles. The highest BCUT2D eigenvalue weighted by molar-refractivity contribution is 5.99. The Kier molecular flexibility index (Phi) is 3.32. The van der Waals surface area contributed by atoms with Gasteiger partial charge in [0.25, 0.3) is 0 Å². The van der Waals surface area contributed by atoms with Crippen LogP contribution < -0.4 is 0 Å². The summed E-state index contributed by atoms with van der Waals surface area (Å²) in [5, 5.41) is 14.9. The fourth-order valence-electron chi connectivity index (χ4n) is 1.64. The van der Waals surface area contributed by atoms with Crippen LogP contribution in [0.4, 0.5) is 4.79 Å². The van der Waals surface area contributed by atoms with E-state index in [-0.39, 0.29) is 0 Å². The maximum absolute atomic E-state index is 10.9. The molecule has 0 fully saturated rings. The summed E-state index contributed by atoms with van der Waals surface area (Å²) < 4.78 is 5.60. The quantitative estimate of drug-likeness (QED) is 0.668. The Bertz CT molecular complexity index is 568. The molecule has 1 heterocycles. The van der Waals surface area contributed by atoms with Crippen LogP contribution >= 0.6 is 0 Å². The first-order valence-electron chi connectivity index (χ1n) is 5.66. The molecule has 0 radical (unpaired) electrons. The van der Waals surface area contributed by atoms with Crippen LogP contribution in [-0.2, 0) is 0 Å². The van der Waals surface area contributed by atoms with Gasteiger partial charge in [-0.15, -0.1) is 0 Å². The fourth-order valence-corrected chi connectivity index (χ4v) is 1.64. The topological polar surface area (TPSA) is 66.0 Å².